The Kier molecular flexibility index (Phi) is 7.13. The minimum absolute atomic E-state index is 0.513. The summed E-state index contributed by atoms with van der Waals surface area (Å²) in [5.41, 5.74) is 11.3. The summed E-state index contributed by atoms with van der Waals surface area (Å²) < 4.78 is 23.6. The quantitative estimate of drug-likeness (QED) is 0.666. The van der Waals surface area contributed by atoms with Gasteiger partial charge in [0.25, 0.3) is 0 Å². The average Bonchev–Trinajstić information content (AvgIpc) is 2.21. The Labute approximate surface area is 93.3 Å². The van der Waals surface area contributed by atoms with E-state index in [2.05, 4.69) is 0 Å². The highest BCUT2D eigenvalue weighted by Crippen LogP contribution is 2.13. The van der Waals surface area contributed by atoms with Crippen LogP contribution in [-0.2, 0) is 9.84 Å². The average molecular weight is 236 g/mol. The van der Waals surface area contributed by atoms with Gasteiger partial charge < -0.3 is 11.5 Å². The van der Waals surface area contributed by atoms with E-state index in [0.717, 1.165) is 25.7 Å². The van der Waals surface area contributed by atoms with Crippen LogP contribution in [0, 0.1) is 0 Å². The molecular weight excluding hydrogens is 212 g/mol. The normalized spacial score (nSPS) is 16.3. The van der Waals surface area contributed by atoms with Gasteiger partial charge in [0.05, 0.1) is 0 Å². The highest BCUT2D eigenvalue weighted by molar-refractivity contribution is 7.92. The fraction of sp³-hybridized carbons (Fsp3) is 1.00. The van der Waals surface area contributed by atoms with Crippen LogP contribution >= 0.6 is 0 Å². The van der Waals surface area contributed by atoms with Crippen molar-refractivity contribution in [2.24, 2.45) is 11.5 Å². The second kappa shape index (κ2) is 7.19. The monoisotopic (exact) mass is 236 g/mol. The molecule has 4 N–H and O–H groups in total. The van der Waals surface area contributed by atoms with Crippen molar-refractivity contribution >= 4 is 9.84 Å². The van der Waals surface area contributed by atoms with Gasteiger partial charge in [0.2, 0.25) is 0 Å². The number of sulfone groups is 1. The van der Waals surface area contributed by atoms with Crippen molar-refractivity contribution in [3.63, 3.8) is 0 Å². The SMILES string of the molecule is CCCCC(N)S(=O)(=O)C(N)CCCC. The van der Waals surface area contributed by atoms with Crippen LogP contribution in [0.25, 0.3) is 0 Å². The predicted octanol–water partition coefficient (Wildman–Crippen LogP) is 1.35. The Balaban J connectivity index is 4.25. The van der Waals surface area contributed by atoms with Crippen molar-refractivity contribution in [3.8, 4) is 0 Å². The summed E-state index contributed by atoms with van der Waals surface area (Å²) in [5.74, 6) is 0. The lowest BCUT2D eigenvalue weighted by Gasteiger charge is -2.18. The molecule has 0 aromatic heterocycles. The third kappa shape index (κ3) is 4.95. The molecule has 0 aromatic carbocycles. The van der Waals surface area contributed by atoms with Crippen LogP contribution in [-0.4, -0.2) is 19.2 Å². The molecule has 0 radical (unpaired) electrons. The van der Waals surface area contributed by atoms with Gasteiger partial charge in [0.1, 0.15) is 10.7 Å². The molecule has 92 valence electrons. The van der Waals surface area contributed by atoms with Crippen molar-refractivity contribution in [1.82, 2.24) is 0 Å². The maximum atomic E-state index is 11.8. The van der Waals surface area contributed by atoms with E-state index in [0.29, 0.717) is 12.8 Å². The van der Waals surface area contributed by atoms with E-state index in [9.17, 15) is 8.42 Å². The van der Waals surface area contributed by atoms with Gasteiger partial charge in [-0.2, -0.15) is 0 Å². The van der Waals surface area contributed by atoms with E-state index in [1.165, 1.54) is 0 Å². The lowest BCUT2D eigenvalue weighted by Crippen LogP contribution is -2.42. The van der Waals surface area contributed by atoms with Gasteiger partial charge in [-0.15, -0.1) is 0 Å². The zero-order chi connectivity index (χ0) is 11.9. The second-order valence-electron chi connectivity index (χ2n) is 3.95. The molecule has 0 heterocycles. The summed E-state index contributed by atoms with van der Waals surface area (Å²) in [5, 5.41) is -1.58. The molecule has 0 spiro atoms. The molecule has 0 aliphatic carbocycles. The van der Waals surface area contributed by atoms with Gasteiger partial charge in [-0.25, -0.2) is 8.42 Å². The molecule has 5 heteroatoms. The molecule has 4 nitrogen and oxygen atoms in total. The van der Waals surface area contributed by atoms with E-state index < -0.39 is 20.6 Å². The summed E-state index contributed by atoms with van der Waals surface area (Å²) in [4.78, 5) is 0. The summed E-state index contributed by atoms with van der Waals surface area (Å²) in [7, 11) is -3.33. The number of nitrogens with two attached hydrogens (primary N) is 2. The fourth-order valence-corrected chi connectivity index (χ4v) is 2.80. The fourth-order valence-electron chi connectivity index (χ4n) is 1.36. The Bertz CT molecular complexity index is 232. The van der Waals surface area contributed by atoms with Crippen LogP contribution in [0.2, 0.25) is 0 Å². The summed E-state index contributed by atoms with van der Waals surface area (Å²) in [6.45, 7) is 4.02. The number of rotatable bonds is 8. The first kappa shape index (κ1) is 14.9. The van der Waals surface area contributed by atoms with Crippen molar-refractivity contribution in [2.75, 3.05) is 0 Å². The van der Waals surface area contributed by atoms with Gasteiger partial charge >= 0.3 is 0 Å². The first-order valence-electron chi connectivity index (χ1n) is 5.70. The van der Waals surface area contributed by atoms with Gasteiger partial charge in [-0.05, 0) is 12.8 Å². The Morgan fingerprint density at radius 1 is 0.933 bits per heavy atom. The first-order chi connectivity index (χ1) is 6.96. The van der Waals surface area contributed by atoms with Crippen molar-refractivity contribution < 1.29 is 8.42 Å². The van der Waals surface area contributed by atoms with Crippen molar-refractivity contribution in [2.45, 2.75) is 63.1 Å². The summed E-state index contributed by atoms with van der Waals surface area (Å²) in [6, 6.07) is 0. The molecule has 0 saturated carbocycles. The van der Waals surface area contributed by atoms with E-state index >= 15 is 0 Å². The van der Waals surface area contributed by atoms with Crippen LogP contribution < -0.4 is 11.5 Å². The molecule has 15 heavy (non-hydrogen) atoms. The molecule has 2 atom stereocenters. The highest BCUT2D eigenvalue weighted by Gasteiger charge is 2.27. The largest absolute Gasteiger partial charge is 0.315 e. The van der Waals surface area contributed by atoms with Crippen LogP contribution in [0.5, 0.6) is 0 Å². The molecule has 2 unspecified atom stereocenters. The first-order valence-corrected chi connectivity index (χ1v) is 7.31. The van der Waals surface area contributed by atoms with E-state index in [1.54, 1.807) is 0 Å². The molecule has 0 saturated heterocycles. The van der Waals surface area contributed by atoms with Crippen LogP contribution in [0.15, 0.2) is 0 Å². The molecular formula is C10H24N2O2S. The van der Waals surface area contributed by atoms with Crippen LogP contribution in [0.3, 0.4) is 0 Å². The third-order valence-corrected chi connectivity index (χ3v) is 4.69. The lowest BCUT2D eigenvalue weighted by molar-refractivity contribution is 0.541. The predicted molar refractivity (Wildman–Crippen MR) is 63.9 cm³/mol. The number of hydrogen-bond donors (Lipinski definition) is 2. The standard InChI is InChI=1S/C10H24N2O2S/c1-3-5-7-9(11)15(13,14)10(12)8-6-4-2/h9-10H,3-8,11-12H2,1-2H3. The lowest BCUT2D eigenvalue weighted by atomic mass is 10.2. The summed E-state index contributed by atoms with van der Waals surface area (Å²) in [6.07, 6.45) is 4.60. The van der Waals surface area contributed by atoms with Gasteiger partial charge in [-0.1, -0.05) is 39.5 Å². The second-order valence-corrected chi connectivity index (χ2v) is 6.34. The van der Waals surface area contributed by atoms with E-state index in [4.69, 9.17) is 11.5 Å². The molecule has 0 amide bonds. The Hall–Kier alpha value is -0.130. The van der Waals surface area contributed by atoms with Gasteiger partial charge in [0, 0.05) is 0 Å². The molecule has 0 aliphatic heterocycles. The van der Waals surface area contributed by atoms with E-state index in [1.807, 2.05) is 13.8 Å². The van der Waals surface area contributed by atoms with Crippen LogP contribution in [0.4, 0.5) is 0 Å². The van der Waals surface area contributed by atoms with Crippen molar-refractivity contribution in [3.05, 3.63) is 0 Å². The zero-order valence-electron chi connectivity index (χ0n) is 9.78. The number of hydrogen-bond acceptors (Lipinski definition) is 4. The molecule has 0 bridgehead atoms. The molecule has 0 aromatic rings. The smallest absolute Gasteiger partial charge is 0.181 e. The maximum absolute atomic E-state index is 11.8. The summed E-state index contributed by atoms with van der Waals surface area (Å²) >= 11 is 0. The van der Waals surface area contributed by atoms with Gasteiger partial charge in [0.15, 0.2) is 9.84 Å². The maximum Gasteiger partial charge on any atom is 0.181 e. The van der Waals surface area contributed by atoms with Crippen molar-refractivity contribution in [1.29, 1.82) is 0 Å². The Morgan fingerprint density at radius 2 is 1.27 bits per heavy atom. The third-order valence-electron chi connectivity index (χ3n) is 2.53. The minimum atomic E-state index is -3.33. The zero-order valence-corrected chi connectivity index (χ0v) is 10.6. The topological polar surface area (TPSA) is 86.2 Å². The van der Waals surface area contributed by atoms with E-state index in [-0.39, 0.29) is 0 Å². The number of unbranched alkanes of at least 4 members (excludes halogenated alkanes) is 2. The molecule has 0 rings (SSSR count). The van der Waals surface area contributed by atoms with Gasteiger partial charge in [-0.3, -0.25) is 0 Å². The highest BCUT2D eigenvalue weighted by atomic mass is 32.2. The minimum Gasteiger partial charge on any atom is -0.315 e. The van der Waals surface area contributed by atoms with Crippen LogP contribution in [0.1, 0.15) is 52.4 Å². The molecule has 0 aliphatic rings. The molecule has 0 fully saturated rings. The Morgan fingerprint density at radius 3 is 1.53 bits per heavy atom.